The Morgan fingerprint density at radius 1 is 1.40 bits per heavy atom. The monoisotopic (exact) mass is 422 g/mol. The molecule has 1 atom stereocenters. The molecule has 1 unspecified atom stereocenters. The van der Waals surface area contributed by atoms with Crippen LogP contribution in [0.3, 0.4) is 0 Å². The molecule has 1 aliphatic heterocycles. The summed E-state index contributed by atoms with van der Waals surface area (Å²) in [4.78, 5) is 14.7. The zero-order valence-corrected chi connectivity index (χ0v) is 16.3. The first kappa shape index (κ1) is 18.2. The number of aryl methyl sites for hydroxylation is 1. The summed E-state index contributed by atoms with van der Waals surface area (Å²) in [5.41, 5.74) is 9.12. The molecule has 2 aromatic rings. The lowest BCUT2D eigenvalue weighted by molar-refractivity contribution is -0.119. The van der Waals surface area contributed by atoms with Crippen molar-refractivity contribution >= 4 is 39.1 Å². The van der Waals surface area contributed by atoms with E-state index in [2.05, 4.69) is 15.9 Å². The van der Waals surface area contributed by atoms with E-state index >= 15 is 0 Å². The van der Waals surface area contributed by atoms with Gasteiger partial charge < -0.3 is 15.4 Å². The summed E-state index contributed by atoms with van der Waals surface area (Å²) in [7, 11) is 1.62. The number of benzene rings is 2. The molecular weight excluding hydrogens is 404 g/mol. The summed E-state index contributed by atoms with van der Waals surface area (Å²) in [5, 5.41) is 0.600. The highest BCUT2D eigenvalue weighted by Gasteiger charge is 2.28. The van der Waals surface area contributed by atoms with E-state index in [4.69, 9.17) is 22.1 Å². The van der Waals surface area contributed by atoms with Crippen LogP contribution in [0.15, 0.2) is 40.9 Å². The first-order valence-electron chi connectivity index (χ1n) is 8.18. The molecule has 1 aliphatic rings. The fraction of sp³-hybridized carbons (Fsp3) is 0.316. The fourth-order valence-electron chi connectivity index (χ4n) is 3.17. The number of carbonyl (C=O) groups excluding carboxylic acids is 1. The van der Waals surface area contributed by atoms with Crippen molar-refractivity contribution < 1.29 is 9.53 Å². The second-order valence-corrected chi connectivity index (χ2v) is 7.37. The van der Waals surface area contributed by atoms with Gasteiger partial charge in [0, 0.05) is 11.0 Å². The Balaban J connectivity index is 1.80. The van der Waals surface area contributed by atoms with Crippen LogP contribution in [-0.4, -0.2) is 25.6 Å². The number of amides is 1. The number of para-hydroxylation sites is 1. The minimum atomic E-state index is -0.632. The number of hydrogen-bond acceptors (Lipinski definition) is 3. The Bertz CT molecular complexity index is 797. The molecular formula is C19H20BrClN2O2. The van der Waals surface area contributed by atoms with Gasteiger partial charge in [-0.1, -0.05) is 45.7 Å². The van der Waals surface area contributed by atoms with E-state index in [1.165, 1.54) is 0 Å². The Kier molecular flexibility index (Phi) is 5.67. The van der Waals surface area contributed by atoms with Gasteiger partial charge in [-0.2, -0.15) is 0 Å². The first-order valence-corrected chi connectivity index (χ1v) is 9.35. The van der Waals surface area contributed by atoms with Gasteiger partial charge in [0.05, 0.1) is 23.9 Å². The number of anilines is 1. The van der Waals surface area contributed by atoms with E-state index < -0.39 is 6.04 Å². The smallest absolute Gasteiger partial charge is 0.244 e. The molecule has 4 nitrogen and oxygen atoms in total. The molecule has 0 aromatic heterocycles. The van der Waals surface area contributed by atoms with Crippen molar-refractivity contribution in [2.24, 2.45) is 5.73 Å². The third-order valence-corrected chi connectivity index (χ3v) is 5.49. The molecule has 2 N–H and O–H groups in total. The van der Waals surface area contributed by atoms with Crippen LogP contribution in [0.4, 0.5) is 5.69 Å². The highest BCUT2D eigenvalue weighted by molar-refractivity contribution is 9.10. The second kappa shape index (κ2) is 7.77. The molecule has 0 radical (unpaired) electrons. The number of halogens is 2. The third kappa shape index (κ3) is 3.84. The highest BCUT2D eigenvalue weighted by atomic mass is 79.9. The van der Waals surface area contributed by atoms with Crippen molar-refractivity contribution in [1.29, 1.82) is 0 Å². The standard InChI is InChI=1S/C19H20BrClN2O2/c1-25-14-8-7-13(15(20)11-14)10-17(22)19(24)23-9-3-5-12-4-2-6-16(21)18(12)23/h2,4,6-8,11,17H,3,5,9-10,22H2,1H3. The average Bonchev–Trinajstić information content (AvgIpc) is 2.62. The number of rotatable bonds is 4. The molecule has 2 aromatic carbocycles. The number of hydrogen-bond donors (Lipinski definition) is 1. The van der Waals surface area contributed by atoms with Crippen LogP contribution in [0.1, 0.15) is 17.5 Å². The summed E-state index contributed by atoms with van der Waals surface area (Å²) in [6.07, 6.45) is 2.29. The zero-order chi connectivity index (χ0) is 18.0. The second-order valence-electron chi connectivity index (χ2n) is 6.11. The predicted molar refractivity (Wildman–Crippen MR) is 104 cm³/mol. The molecule has 0 fully saturated rings. The molecule has 0 spiro atoms. The molecule has 0 aliphatic carbocycles. The van der Waals surface area contributed by atoms with Crippen LogP contribution in [-0.2, 0) is 17.6 Å². The molecule has 0 bridgehead atoms. The van der Waals surface area contributed by atoms with Crippen molar-refractivity contribution in [3.05, 3.63) is 57.0 Å². The van der Waals surface area contributed by atoms with Gasteiger partial charge in [0.25, 0.3) is 0 Å². The van der Waals surface area contributed by atoms with E-state index in [0.29, 0.717) is 18.0 Å². The molecule has 1 amide bonds. The van der Waals surface area contributed by atoms with Crippen LogP contribution in [0.25, 0.3) is 0 Å². The van der Waals surface area contributed by atoms with Crippen LogP contribution in [0.2, 0.25) is 5.02 Å². The van der Waals surface area contributed by atoms with Gasteiger partial charge in [-0.15, -0.1) is 0 Å². The Morgan fingerprint density at radius 2 is 2.20 bits per heavy atom. The molecule has 132 valence electrons. The quantitative estimate of drug-likeness (QED) is 0.810. The topological polar surface area (TPSA) is 55.6 Å². The van der Waals surface area contributed by atoms with Gasteiger partial charge in [-0.25, -0.2) is 0 Å². The molecule has 1 heterocycles. The highest BCUT2D eigenvalue weighted by Crippen LogP contribution is 2.34. The lowest BCUT2D eigenvalue weighted by atomic mass is 9.99. The molecule has 0 saturated carbocycles. The van der Waals surface area contributed by atoms with Gasteiger partial charge in [0.2, 0.25) is 5.91 Å². The summed E-state index contributed by atoms with van der Waals surface area (Å²) >= 11 is 9.87. The fourth-order valence-corrected chi connectivity index (χ4v) is 3.98. The minimum absolute atomic E-state index is 0.100. The van der Waals surface area contributed by atoms with Crippen molar-refractivity contribution in [2.75, 3.05) is 18.6 Å². The van der Waals surface area contributed by atoms with Gasteiger partial charge in [0.15, 0.2) is 0 Å². The predicted octanol–water partition coefficient (Wildman–Crippen LogP) is 3.96. The van der Waals surface area contributed by atoms with Gasteiger partial charge in [-0.05, 0) is 48.6 Å². The van der Waals surface area contributed by atoms with Crippen molar-refractivity contribution in [2.45, 2.75) is 25.3 Å². The molecule has 0 saturated heterocycles. The third-order valence-electron chi connectivity index (χ3n) is 4.45. The van der Waals surface area contributed by atoms with Gasteiger partial charge >= 0.3 is 0 Å². The lowest BCUT2D eigenvalue weighted by Gasteiger charge is -2.32. The number of ether oxygens (including phenoxy) is 1. The first-order chi connectivity index (χ1) is 12.0. The van der Waals surface area contributed by atoms with Gasteiger partial charge in [0.1, 0.15) is 5.75 Å². The summed E-state index contributed by atoms with van der Waals surface area (Å²) < 4.78 is 6.08. The zero-order valence-electron chi connectivity index (χ0n) is 14.0. The summed E-state index contributed by atoms with van der Waals surface area (Å²) in [6, 6.07) is 10.8. The van der Waals surface area contributed by atoms with Crippen LogP contribution in [0, 0.1) is 0 Å². The number of carbonyl (C=O) groups is 1. The number of nitrogens with zero attached hydrogens (tertiary/aromatic N) is 1. The van der Waals surface area contributed by atoms with Crippen molar-refractivity contribution in [1.82, 2.24) is 0 Å². The maximum Gasteiger partial charge on any atom is 0.244 e. The Morgan fingerprint density at radius 3 is 2.92 bits per heavy atom. The molecule has 25 heavy (non-hydrogen) atoms. The lowest BCUT2D eigenvalue weighted by Crippen LogP contribution is -2.47. The van der Waals surface area contributed by atoms with Gasteiger partial charge in [-0.3, -0.25) is 4.79 Å². The largest absolute Gasteiger partial charge is 0.497 e. The average molecular weight is 424 g/mol. The van der Waals surface area contributed by atoms with E-state index in [9.17, 15) is 4.79 Å². The number of methoxy groups -OCH3 is 1. The van der Waals surface area contributed by atoms with E-state index in [0.717, 1.165) is 39.9 Å². The number of fused-ring (bicyclic) bond motifs is 1. The van der Waals surface area contributed by atoms with Crippen LogP contribution >= 0.6 is 27.5 Å². The number of nitrogens with two attached hydrogens (primary N) is 1. The van der Waals surface area contributed by atoms with Crippen molar-refractivity contribution in [3.8, 4) is 5.75 Å². The normalized spacial score (nSPS) is 14.8. The SMILES string of the molecule is COc1ccc(CC(N)C(=O)N2CCCc3cccc(Cl)c32)c(Br)c1. The Labute approximate surface area is 161 Å². The molecule has 3 rings (SSSR count). The van der Waals surface area contributed by atoms with E-state index in [1.807, 2.05) is 36.4 Å². The molecule has 6 heteroatoms. The van der Waals surface area contributed by atoms with E-state index in [1.54, 1.807) is 12.0 Å². The minimum Gasteiger partial charge on any atom is -0.497 e. The summed E-state index contributed by atoms with van der Waals surface area (Å²) in [6.45, 7) is 0.646. The maximum absolute atomic E-state index is 13.0. The Hall–Kier alpha value is -1.56. The summed E-state index contributed by atoms with van der Waals surface area (Å²) in [5.74, 6) is 0.657. The maximum atomic E-state index is 13.0. The van der Waals surface area contributed by atoms with E-state index in [-0.39, 0.29) is 5.91 Å². The van der Waals surface area contributed by atoms with Crippen molar-refractivity contribution in [3.63, 3.8) is 0 Å². The van der Waals surface area contributed by atoms with Crippen LogP contribution in [0.5, 0.6) is 5.75 Å². The van der Waals surface area contributed by atoms with Crippen LogP contribution < -0.4 is 15.4 Å².